The van der Waals surface area contributed by atoms with Crippen LogP contribution < -0.4 is 15.4 Å². The number of benzene rings is 2. The topological polar surface area (TPSA) is 76.7 Å². The van der Waals surface area contributed by atoms with Crippen LogP contribution in [0.25, 0.3) is 0 Å². The zero-order valence-electron chi connectivity index (χ0n) is 15.9. The smallest absolute Gasteiger partial charge is 0.254 e. The summed E-state index contributed by atoms with van der Waals surface area (Å²) in [5.41, 5.74) is 2.39. The van der Waals surface area contributed by atoms with Crippen LogP contribution in [0.15, 0.2) is 36.4 Å². The first kappa shape index (κ1) is 18.1. The van der Waals surface area contributed by atoms with Crippen LogP contribution in [0.3, 0.4) is 0 Å². The molecule has 2 N–H and O–H groups in total. The van der Waals surface area contributed by atoms with Crippen molar-refractivity contribution in [3.63, 3.8) is 0 Å². The van der Waals surface area contributed by atoms with Crippen molar-refractivity contribution in [2.75, 3.05) is 26.9 Å². The number of hydrogen-bond acceptors (Lipinski definition) is 4. The summed E-state index contributed by atoms with van der Waals surface area (Å²) in [5.74, 6) is 0.257. The molecule has 2 fully saturated rings. The van der Waals surface area contributed by atoms with Gasteiger partial charge in [-0.2, -0.15) is 0 Å². The first-order valence-corrected chi connectivity index (χ1v) is 9.73. The van der Waals surface area contributed by atoms with E-state index in [4.69, 9.17) is 9.47 Å². The quantitative estimate of drug-likeness (QED) is 0.830. The highest BCUT2D eigenvalue weighted by Gasteiger charge is 2.54. The van der Waals surface area contributed by atoms with E-state index in [2.05, 4.69) is 10.6 Å². The Labute approximate surface area is 167 Å². The Morgan fingerprint density at radius 2 is 1.76 bits per heavy atom. The molecule has 0 aromatic heterocycles. The van der Waals surface area contributed by atoms with Gasteiger partial charge >= 0.3 is 0 Å². The third-order valence-electron chi connectivity index (χ3n) is 6.14. The summed E-state index contributed by atoms with van der Waals surface area (Å²) in [7, 11) is 1.54. The lowest BCUT2D eigenvalue weighted by atomic mass is 9.90. The van der Waals surface area contributed by atoms with Gasteiger partial charge in [0.2, 0.25) is 0 Å². The van der Waals surface area contributed by atoms with Crippen molar-refractivity contribution in [1.82, 2.24) is 10.6 Å². The summed E-state index contributed by atoms with van der Waals surface area (Å²) < 4.78 is 24.5. The maximum absolute atomic E-state index is 13.3. The zero-order valence-corrected chi connectivity index (χ0v) is 15.9. The molecule has 2 aliphatic heterocycles. The van der Waals surface area contributed by atoms with Gasteiger partial charge in [-0.05, 0) is 29.8 Å². The molecular weight excluding hydrogens is 375 g/mol. The van der Waals surface area contributed by atoms with Gasteiger partial charge in [0.25, 0.3) is 11.8 Å². The monoisotopic (exact) mass is 396 g/mol. The molecule has 2 aromatic carbocycles. The van der Waals surface area contributed by atoms with Gasteiger partial charge < -0.3 is 20.1 Å². The number of nitrogens with one attached hydrogen (secondary N) is 2. The van der Waals surface area contributed by atoms with E-state index >= 15 is 0 Å². The average molecular weight is 396 g/mol. The summed E-state index contributed by atoms with van der Waals surface area (Å²) in [4.78, 5) is 25.3. The number of carbonyl (C=O) groups is 2. The van der Waals surface area contributed by atoms with Gasteiger partial charge in [-0.25, -0.2) is 4.39 Å². The molecule has 150 valence electrons. The molecule has 5 rings (SSSR count). The van der Waals surface area contributed by atoms with E-state index < -0.39 is 0 Å². The van der Waals surface area contributed by atoms with Crippen molar-refractivity contribution >= 4 is 11.8 Å². The van der Waals surface area contributed by atoms with Crippen LogP contribution in [-0.4, -0.2) is 44.7 Å². The van der Waals surface area contributed by atoms with Gasteiger partial charge in [0.05, 0.1) is 25.4 Å². The van der Waals surface area contributed by atoms with E-state index in [-0.39, 0.29) is 29.6 Å². The van der Waals surface area contributed by atoms with Gasteiger partial charge in [-0.1, -0.05) is 12.1 Å². The number of rotatable bonds is 4. The number of hydrogen-bond donors (Lipinski definition) is 2. The van der Waals surface area contributed by atoms with Crippen molar-refractivity contribution < 1.29 is 23.5 Å². The first-order valence-electron chi connectivity index (χ1n) is 9.73. The Balaban J connectivity index is 1.49. The van der Waals surface area contributed by atoms with Crippen molar-refractivity contribution in [3.05, 3.63) is 64.5 Å². The van der Waals surface area contributed by atoms with Crippen LogP contribution in [0.4, 0.5) is 4.39 Å². The van der Waals surface area contributed by atoms with Gasteiger partial charge in [-0.15, -0.1) is 0 Å². The van der Waals surface area contributed by atoms with Gasteiger partial charge in [0, 0.05) is 42.0 Å². The highest BCUT2D eigenvalue weighted by molar-refractivity contribution is 6.02. The van der Waals surface area contributed by atoms with Gasteiger partial charge in [0.15, 0.2) is 0 Å². The van der Waals surface area contributed by atoms with Crippen molar-refractivity contribution in [2.45, 2.75) is 12.0 Å². The Hall–Kier alpha value is -2.93. The fourth-order valence-corrected chi connectivity index (χ4v) is 4.42. The molecule has 6 nitrogen and oxygen atoms in total. The second-order valence-electron chi connectivity index (χ2n) is 7.80. The van der Waals surface area contributed by atoms with Gasteiger partial charge in [-0.3, -0.25) is 9.59 Å². The molecule has 4 atom stereocenters. The predicted octanol–water partition coefficient (Wildman–Crippen LogP) is 2.08. The molecule has 1 saturated carbocycles. The van der Waals surface area contributed by atoms with E-state index in [1.807, 2.05) is 0 Å². The third kappa shape index (κ3) is 3.06. The second-order valence-corrected chi connectivity index (χ2v) is 7.80. The molecule has 1 unspecified atom stereocenters. The van der Waals surface area contributed by atoms with Crippen molar-refractivity contribution in [3.8, 4) is 5.75 Å². The zero-order chi connectivity index (χ0) is 20.1. The standard InChI is InChI=1S/C22H21FN2O4/c1-24-22(27)15-7-12(21(26)25-19-17-8-28-9-18(17)19)6-14-16(10-29-20(14)15)11-2-4-13(23)5-3-11/h2-7,16-19H,8-10H2,1H3,(H,24,27)(H,25,26)/t16?,17-,18+,19+. The molecule has 2 aromatic rings. The normalized spacial score (nSPS) is 26.3. The Morgan fingerprint density at radius 1 is 1.03 bits per heavy atom. The largest absolute Gasteiger partial charge is 0.491 e. The molecular formula is C22H21FN2O4. The highest BCUT2D eigenvalue weighted by Crippen LogP contribution is 2.45. The van der Waals surface area contributed by atoms with Crippen LogP contribution >= 0.6 is 0 Å². The maximum atomic E-state index is 13.3. The Morgan fingerprint density at radius 3 is 2.45 bits per heavy atom. The van der Waals surface area contributed by atoms with E-state index in [0.29, 0.717) is 48.5 Å². The first-order chi connectivity index (χ1) is 14.1. The second kappa shape index (κ2) is 6.84. The molecule has 2 heterocycles. The van der Waals surface area contributed by atoms with Crippen LogP contribution in [0.2, 0.25) is 0 Å². The van der Waals surface area contributed by atoms with E-state index in [1.165, 1.54) is 12.1 Å². The molecule has 2 amide bonds. The average Bonchev–Trinajstić information content (AvgIpc) is 3.09. The summed E-state index contributed by atoms with van der Waals surface area (Å²) >= 11 is 0. The number of carbonyl (C=O) groups excluding carboxylic acids is 2. The van der Waals surface area contributed by atoms with Crippen molar-refractivity contribution in [1.29, 1.82) is 0 Å². The van der Waals surface area contributed by atoms with Crippen LogP contribution in [0, 0.1) is 17.7 Å². The highest BCUT2D eigenvalue weighted by atomic mass is 19.1. The lowest BCUT2D eigenvalue weighted by Crippen LogP contribution is -2.30. The Bertz CT molecular complexity index is 981. The number of amides is 2. The molecule has 0 bridgehead atoms. The number of ether oxygens (including phenoxy) is 2. The summed E-state index contributed by atoms with van der Waals surface area (Å²) in [6, 6.07) is 9.71. The van der Waals surface area contributed by atoms with E-state index in [0.717, 1.165) is 11.1 Å². The lowest BCUT2D eigenvalue weighted by molar-refractivity contribution is 0.0929. The summed E-state index contributed by atoms with van der Waals surface area (Å²) in [6.07, 6.45) is 0. The molecule has 1 aliphatic carbocycles. The number of halogens is 1. The third-order valence-corrected chi connectivity index (χ3v) is 6.14. The minimum absolute atomic E-state index is 0.136. The lowest BCUT2D eigenvalue weighted by Gasteiger charge is -2.14. The molecule has 0 radical (unpaired) electrons. The molecule has 1 saturated heterocycles. The summed E-state index contributed by atoms with van der Waals surface area (Å²) in [6.45, 7) is 1.70. The fourth-order valence-electron chi connectivity index (χ4n) is 4.42. The summed E-state index contributed by atoms with van der Waals surface area (Å²) in [5, 5.41) is 5.68. The van der Waals surface area contributed by atoms with Crippen LogP contribution in [-0.2, 0) is 4.74 Å². The fraction of sp³-hybridized carbons (Fsp3) is 0.364. The Kier molecular flexibility index (Phi) is 4.28. The van der Waals surface area contributed by atoms with E-state index in [9.17, 15) is 14.0 Å². The molecule has 0 spiro atoms. The molecule has 3 aliphatic rings. The molecule has 7 heteroatoms. The predicted molar refractivity (Wildman–Crippen MR) is 103 cm³/mol. The van der Waals surface area contributed by atoms with Gasteiger partial charge in [0.1, 0.15) is 11.6 Å². The van der Waals surface area contributed by atoms with Crippen molar-refractivity contribution in [2.24, 2.45) is 11.8 Å². The maximum Gasteiger partial charge on any atom is 0.254 e. The van der Waals surface area contributed by atoms with E-state index in [1.54, 1.807) is 31.3 Å². The molecule has 29 heavy (non-hydrogen) atoms. The van der Waals surface area contributed by atoms with Crippen LogP contribution in [0.1, 0.15) is 37.8 Å². The van der Waals surface area contributed by atoms with Crippen LogP contribution in [0.5, 0.6) is 5.75 Å². The number of fused-ring (bicyclic) bond motifs is 2. The SMILES string of the molecule is CNC(=O)c1cc(C(=O)N[C@H]2[C@@H]3COC[C@@H]32)cc2c1OCC2c1ccc(F)cc1. The minimum atomic E-state index is -0.314. The minimum Gasteiger partial charge on any atom is -0.491 e.